The van der Waals surface area contributed by atoms with Crippen LogP contribution in [0.3, 0.4) is 0 Å². The van der Waals surface area contributed by atoms with E-state index in [4.69, 9.17) is 0 Å². The van der Waals surface area contributed by atoms with Gasteiger partial charge in [-0.1, -0.05) is 36.8 Å². The lowest BCUT2D eigenvalue weighted by Crippen LogP contribution is -2.56. The Labute approximate surface area is 214 Å². The van der Waals surface area contributed by atoms with E-state index in [0.29, 0.717) is 18.3 Å². The fraction of sp³-hybridized carbons (Fsp3) is 0.552. The molecule has 3 fully saturated rings. The molecule has 2 aliphatic carbocycles. The van der Waals surface area contributed by atoms with Gasteiger partial charge in [-0.25, -0.2) is 9.78 Å². The fourth-order valence-corrected chi connectivity index (χ4v) is 6.47. The maximum absolute atomic E-state index is 13.7. The molecule has 1 aromatic heterocycles. The molecule has 0 bridgehead atoms. The summed E-state index contributed by atoms with van der Waals surface area (Å²) in [7, 11) is 4.35. The van der Waals surface area contributed by atoms with Gasteiger partial charge in [-0.3, -0.25) is 9.69 Å². The van der Waals surface area contributed by atoms with Gasteiger partial charge in [0.1, 0.15) is 12.4 Å². The predicted molar refractivity (Wildman–Crippen MR) is 142 cm³/mol. The highest BCUT2D eigenvalue weighted by Crippen LogP contribution is 2.49. The van der Waals surface area contributed by atoms with Crippen molar-refractivity contribution in [2.24, 2.45) is 5.92 Å². The standard InChI is InChI=1S/C29H39N5O2/c1-22-12-17-30-25(18-22)31-26(35)20-33-21-28(34(27(33)36)19-23-8-7-9-23)13-15-29(16-14-28,32(2)3)24-10-5-4-6-11-24/h4-6,10-12,17-18,23H,7-9,13-16,19-21H2,1-3H3,(H,30,31,35)/t28-,29+. The normalized spacial score (nSPS) is 26.5. The van der Waals surface area contributed by atoms with Crippen LogP contribution in [0.1, 0.15) is 56.1 Å². The van der Waals surface area contributed by atoms with E-state index in [-0.39, 0.29) is 29.6 Å². The van der Waals surface area contributed by atoms with E-state index in [2.05, 4.69) is 64.5 Å². The minimum Gasteiger partial charge on any atom is -0.317 e. The van der Waals surface area contributed by atoms with E-state index in [1.807, 2.05) is 19.1 Å². The van der Waals surface area contributed by atoms with Gasteiger partial charge >= 0.3 is 6.03 Å². The molecule has 0 atom stereocenters. The van der Waals surface area contributed by atoms with Crippen LogP contribution in [0.25, 0.3) is 0 Å². The van der Waals surface area contributed by atoms with E-state index in [0.717, 1.165) is 37.8 Å². The summed E-state index contributed by atoms with van der Waals surface area (Å²) in [6, 6.07) is 14.6. The highest BCUT2D eigenvalue weighted by molar-refractivity contribution is 5.94. The van der Waals surface area contributed by atoms with Crippen molar-refractivity contribution in [3.05, 3.63) is 59.8 Å². The van der Waals surface area contributed by atoms with Gasteiger partial charge in [0.15, 0.2) is 0 Å². The zero-order valence-electron chi connectivity index (χ0n) is 21.9. The maximum atomic E-state index is 13.7. The van der Waals surface area contributed by atoms with Crippen LogP contribution < -0.4 is 5.32 Å². The number of hydrogen-bond acceptors (Lipinski definition) is 4. The molecule has 0 radical (unpaired) electrons. The summed E-state index contributed by atoms with van der Waals surface area (Å²) in [5.41, 5.74) is 2.15. The highest BCUT2D eigenvalue weighted by Gasteiger charge is 2.55. The number of urea groups is 1. The molecule has 1 N–H and O–H groups in total. The number of carbonyl (C=O) groups excluding carboxylic acids is 2. The monoisotopic (exact) mass is 489 g/mol. The maximum Gasteiger partial charge on any atom is 0.321 e. The Balaban J connectivity index is 1.34. The van der Waals surface area contributed by atoms with Crippen molar-refractivity contribution >= 4 is 17.8 Å². The van der Waals surface area contributed by atoms with Crippen molar-refractivity contribution in [1.82, 2.24) is 19.7 Å². The minimum atomic E-state index is -0.206. The Kier molecular flexibility index (Phi) is 6.77. The number of rotatable bonds is 7. The molecule has 1 spiro atoms. The quantitative estimate of drug-likeness (QED) is 0.615. The first-order valence-corrected chi connectivity index (χ1v) is 13.3. The molecule has 2 heterocycles. The van der Waals surface area contributed by atoms with E-state index >= 15 is 0 Å². The highest BCUT2D eigenvalue weighted by atomic mass is 16.2. The van der Waals surface area contributed by atoms with Gasteiger partial charge in [0.2, 0.25) is 5.91 Å². The molecule has 2 aromatic rings. The summed E-state index contributed by atoms with van der Waals surface area (Å²) < 4.78 is 0. The first kappa shape index (κ1) is 24.8. The summed E-state index contributed by atoms with van der Waals surface area (Å²) in [5.74, 6) is 0.930. The third kappa shape index (κ3) is 4.61. The second-order valence-corrected chi connectivity index (χ2v) is 11.3. The number of benzene rings is 1. The summed E-state index contributed by atoms with van der Waals surface area (Å²) in [5, 5.41) is 2.88. The van der Waals surface area contributed by atoms with Gasteiger partial charge < -0.3 is 15.1 Å². The van der Waals surface area contributed by atoms with Crippen LogP contribution in [0.4, 0.5) is 10.6 Å². The number of hydrogen-bond donors (Lipinski definition) is 1. The Hall–Kier alpha value is -2.93. The van der Waals surface area contributed by atoms with Gasteiger partial charge in [-0.05, 0) is 88.7 Å². The van der Waals surface area contributed by atoms with Crippen molar-refractivity contribution in [2.75, 3.05) is 39.0 Å². The van der Waals surface area contributed by atoms with Gasteiger partial charge in [-0.15, -0.1) is 0 Å². The summed E-state index contributed by atoms with van der Waals surface area (Å²) in [4.78, 5) is 37.1. The molecule has 1 aliphatic heterocycles. The average molecular weight is 490 g/mol. The van der Waals surface area contributed by atoms with Gasteiger partial charge in [-0.2, -0.15) is 0 Å². The summed E-state index contributed by atoms with van der Waals surface area (Å²) in [6.07, 6.45) is 9.21. The molecule has 36 heavy (non-hydrogen) atoms. The minimum absolute atomic E-state index is 0.0197. The van der Waals surface area contributed by atoms with Crippen LogP contribution in [-0.2, 0) is 10.3 Å². The zero-order valence-corrected chi connectivity index (χ0v) is 21.9. The van der Waals surface area contributed by atoms with Gasteiger partial charge in [0.05, 0.1) is 5.54 Å². The number of anilines is 1. The molecule has 3 aliphatic rings. The Morgan fingerprint density at radius 3 is 2.44 bits per heavy atom. The van der Waals surface area contributed by atoms with Gasteiger partial charge in [0, 0.05) is 24.8 Å². The van der Waals surface area contributed by atoms with Crippen molar-refractivity contribution in [3.8, 4) is 0 Å². The molecule has 7 nitrogen and oxygen atoms in total. The molecular formula is C29H39N5O2. The number of carbonyl (C=O) groups is 2. The largest absolute Gasteiger partial charge is 0.321 e. The first-order chi connectivity index (χ1) is 17.3. The number of aryl methyl sites for hydroxylation is 1. The van der Waals surface area contributed by atoms with Crippen LogP contribution in [0.15, 0.2) is 48.7 Å². The van der Waals surface area contributed by atoms with Crippen LogP contribution in [0.2, 0.25) is 0 Å². The lowest BCUT2D eigenvalue weighted by atomic mass is 9.68. The molecule has 1 aromatic carbocycles. The average Bonchev–Trinajstić information content (AvgIpc) is 3.07. The fourth-order valence-electron chi connectivity index (χ4n) is 6.47. The predicted octanol–water partition coefficient (Wildman–Crippen LogP) is 4.64. The van der Waals surface area contributed by atoms with E-state index in [1.54, 1.807) is 11.1 Å². The van der Waals surface area contributed by atoms with E-state index in [1.165, 1.54) is 24.8 Å². The Bertz CT molecular complexity index is 1090. The topological polar surface area (TPSA) is 68.8 Å². The lowest BCUT2D eigenvalue weighted by Gasteiger charge is -2.51. The van der Waals surface area contributed by atoms with Crippen LogP contribution in [0.5, 0.6) is 0 Å². The third-order valence-electron chi connectivity index (χ3n) is 8.92. The Morgan fingerprint density at radius 2 is 1.83 bits per heavy atom. The van der Waals surface area contributed by atoms with Crippen molar-refractivity contribution in [3.63, 3.8) is 0 Å². The van der Waals surface area contributed by atoms with Crippen molar-refractivity contribution in [1.29, 1.82) is 0 Å². The van der Waals surface area contributed by atoms with Crippen LogP contribution >= 0.6 is 0 Å². The number of aromatic nitrogens is 1. The molecule has 0 unspecified atom stereocenters. The molecule has 2 saturated carbocycles. The molecule has 3 amide bonds. The van der Waals surface area contributed by atoms with Crippen LogP contribution in [0, 0.1) is 12.8 Å². The molecular weight excluding hydrogens is 450 g/mol. The molecule has 192 valence electrons. The molecule has 7 heteroatoms. The first-order valence-electron chi connectivity index (χ1n) is 13.3. The summed E-state index contributed by atoms with van der Waals surface area (Å²) in [6.45, 7) is 3.47. The lowest BCUT2D eigenvalue weighted by molar-refractivity contribution is -0.116. The smallest absolute Gasteiger partial charge is 0.317 e. The number of nitrogens with zero attached hydrogens (tertiary/aromatic N) is 4. The molecule has 5 rings (SSSR count). The van der Waals surface area contributed by atoms with E-state index < -0.39 is 0 Å². The third-order valence-corrected chi connectivity index (χ3v) is 8.92. The van der Waals surface area contributed by atoms with Crippen LogP contribution in [-0.4, -0.2) is 70.9 Å². The summed E-state index contributed by atoms with van der Waals surface area (Å²) >= 11 is 0. The number of amides is 3. The second kappa shape index (κ2) is 9.85. The zero-order chi connectivity index (χ0) is 25.3. The van der Waals surface area contributed by atoms with Crippen molar-refractivity contribution in [2.45, 2.75) is 62.9 Å². The van der Waals surface area contributed by atoms with Gasteiger partial charge in [0.25, 0.3) is 0 Å². The van der Waals surface area contributed by atoms with E-state index in [9.17, 15) is 9.59 Å². The second-order valence-electron chi connectivity index (χ2n) is 11.3. The van der Waals surface area contributed by atoms with Crippen molar-refractivity contribution < 1.29 is 9.59 Å². The number of pyridine rings is 1. The molecule has 1 saturated heterocycles. The SMILES string of the molecule is Cc1ccnc(NC(=O)CN2C[C@]3(CC[C@](c4ccccc4)(N(C)C)CC3)N(CC3CCC3)C2=O)c1. The Morgan fingerprint density at radius 1 is 1.11 bits per heavy atom. The number of nitrogens with one attached hydrogen (secondary N) is 1.